The van der Waals surface area contributed by atoms with Gasteiger partial charge in [0.05, 0.1) is 0 Å². The van der Waals surface area contributed by atoms with Crippen LogP contribution in [0, 0.1) is 17.4 Å². The van der Waals surface area contributed by atoms with Gasteiger partial charge in [-0.25, -0.2) is 9.37 Å². The van der Waals surface area contributed by atoms with Gasteiger partial charge in [-0.15, -0.1) is 0 Å². The molecular formula is C17H13FN2S. The number of aromatic amines is 1. The van der Waals surface area contributed by atoms with Gasteiger partial charge in [0.25, 0.3) is 0 Å². The second-order valence-electron chi connectivity index (χ2n) is 4.81. The molecule has 1 heterocycles. The molecule has 0 aliphatic rings. The Balaban J connectivity index is 2.14. The summed E-state index contributed by atoms with van der Waals surface area (Å²) in [6, 6.07) is 16.7. The van der Waals surface area contributed by atoms with Crippen molar-refractivity contribution in [1.29, 1.82) is 0 Å². The lowest BCUT2D eigenvalue weighted by atomic mass is 10.1. The zero-order chi connectivity index (χ0) is 14.8. The fraction of sp³-hybridized carbons (Fsp3) is 0.0588. The van der Waals surface area contributed by atoms with E-state index in [0.717, 1.165) is 11.3 Å². The Hall–Kier alpha value is -2.33. The summed E-state index contributed by atoms with van der Waals surface area (Å²) >= 11 is 5.22. The summed E-state index contributed by atoms with van der Waals surface area (Å²) in [5.74, 6) is 0.319. The summed E-state index contributed by atoms with van der Waals surface area (Å²) in [5.41, 5.74) is 3.17. The molecule has 3 rings (SSSR count). The lowest BCUT2D eigenvalue weighted by molar-refractivity contribution is 0.619. The molecule has 1 aromatic heterocycles. The predicted octanol–water partition coefficient (Wildman–Crippen LogP) is 4.92. The summed E-state index contributed by atoms with van der Waals surface area (Å²) in [5, 5.41) is 0. The first-order valence-electron chi connectivity index (χ1n) is 6.57. The maximum Gasteiger partial charge on any atom is 0.139 e. The number of halogens is 1. The normalized spacial score (nSPS) is 10.6. The summed E-state index contributed by atoms with van der Waals surface area (Å²) in [4.78, 5) is 7.51. The Morgan fingerprint density at radius 2 is 1.76 bits per heavy atom. The molecule has 0 atom stereocenters. The van der Waals surface area contributed by atoms with Crippen molar-refractivity contribution in [2.45, 2.75) is 6.92 Å². The van der Waals surface area contributed by atoms with E-state index in [1.807, 2.05) is 36.4 Å². The Kier molecular flexibility index (Phi) is 3.62. The molecule has 0 spiro atoms. The van der Waals surface area contributed by atoms with E-state index in [-0.39, 0.29) is 5.82 Å². The third-order valence-corrected chi connectivity index (χ3v) is 3.48. The molecule has 0 fully saturated rings. The van der Waals surface area contributed by atoms with Crippen molar-refractivity contribution < 1.29 is 4.39 Å². The SMILES string of the molecule is Cc1ccc(-c2nc(=S)cc(-c3ccccc3)[nH]2)cc1F. The minimum Gasteiger partial charge on any atom is -0.339 e. The number of aromatic nitrogens is 2. The fourth-order valence-corrected chi connectivity index (χ4v) is 2.32. The Bertz CT molecular complexity index is 841. The quantitative estimate of drug-likeness (QED) is 0.680. The largest absolute Gasteiger partial charge is 0.339 e. The van der Waals surface area contributed by atoms with Crippen LogP contribution in [0.25, 0.3) is 22.6 Å². The van der Waals surface area contributed by atoms with E-state index in [2.05, 4.69) is 9.97 Å². The van der Waals surface area contributed by atoms with Crippen LogP contribution in [0.3, 0.4) is 0 Å². The van der Waals surface area contributed by atoms with Crippen LogP contribution in [-0.4, -0.2) is 9.97 Å². The molecule has 0 aliphatic heterocycles. The van der Waals surface area contributed by atoms with Crippen LogP contribution in [0.2, 0.25) is 0 Å². The molecule has 0 saturated carbocycles. The summed E-state index contributed by atoms with van der Waals surface area (Å²) < 4.78 is 14.2. The molecule has 1 N–H and O–H groups in total. The second-order valence-corrected chi connectivity index (χ2v) is 5.23. The standard InChI is InChI=1S/C17H13FN2S/c1-11-7-8-13(9-14(11)18)17-19-15(10-16(21)20-17)12-5-3-2-4-6-12/h2-10H,1H3,(H,19,20,21). The third kappa shape index (κ3) is 2.90. The molecule has 2 nitrogen and oxygen atoms in total. The van der Waals surface area contributed by atoms with Gasteiger partial charge in [0.2, 0.25) is 0 Å². The van der Waals surface area contributed by atoms with E-state index in [0.29, 0.717) is 21.6 Å². The van der Waals surface area contributed by atoms with Crippen LogP contribution in [-0.2, 0) is 0 Å². The number of nitrogens with one attached hydrogen (secondary N) is 1. The molecule has 2 aromatic carbocycles. The number of rotatable bonds is 2. The Labute approximate surface area is 127 Å². The maximum absolute atomic E-state index is 13.7. The highest BCUT2D eigenvalue weighted by molar-refractivity contribution is 7.71. The average molecular weight is 296 g/mol. The van der Waals surface area contributed by atoms with E-state index in [9.17, 15) is 4.39 Å². The molecule has 0 bridgehead atoms. The first-order chi connectivity index (χ1) is 10.1. The summed E-state index contributed by atoms with van der Waals surface area (Å²) in [6.07, 6.45) is 0. The minimum atomic E-state index is -0.251. The van der Waals surface area contributed by atoms with Gasteiger partial charge in [-0.3, -0.25) is 0 Å². The Morgan fingerprint density at radius 3 is 2.48 bits per heavy atom. The average Bonchev–Trinajstić information content (AvgIpc) is 2.50. The van der Waals surface area contributed by atoms with Gasteiger partial charge in [-0.05, 0) is 30.2 Å². The molecule has 0 aliphatic carbocycles. The van der Waals surface area contributed by atoms with Crippen LogP contribution < -0.4 is 0 Å². The number of aryl methyl sites for hydroxylation is 1. The molecule has 21 heavy (non-hydrogen) atoms. The van der Waals surface area contributed by atoms with E-state index in [4.69, 9.17) is 12.2 Å². The lowest BCUT2D eigenvalue weighted by Gasteiger charge is -2.07. The van der Waals surface area contributed by atoms with Crippen molar-refractivity contribution in [2.75, 3.05) is 0 Å². The van der Waals surface area contributed by atoms with Crippen LogP contribution in [0.15, 0.2) is 54.6 Å². The van der Waals surface area contributed by atoms with Crippen LogP contribution >= 0.6 is 12.2 Å². The topological polar surface area (TPSA) is 28.7 Å². The van der Waals surface area contributed by atoms with E-state index < -0.39 is 0 Å². The van der Waals surface area contributed by atoms with Crippen molar-refractivity contribution in [1.82, 2.24) is 9.97 Å². The van der Waals surface area contributed by atoms with E-state index in [1.165, 1.54) is 6.07 Å². The number of hydrogen-bond acceptors (Lipinski definition) is 2. The smallest absolute Gasteiger partial charge is 0.139 e. The van der Waals surface area contributed by atoms with Gasteiger partial charge in [0, 0.05) is 11.3 Å². The molecule has 0 amide bonds. The first kappa shape index (κ1) is 13.6. The highest BCUT2D eigenvalue weighted by Gasteiger charge is 2.06. The van der Waals surface area contributed by atoms with Gasteiger partial charge in [0.15, 0.2) is 0 Å². The minimum absolute atomic E-state index is 0.251. The second kappa shape index (κ2) is 5.58. The molecule has 0 radical (unpaired) electrons. The highest BCUT2D eigenvalue weighted by atomic mass is 32.1. The van der Waals surface area contributed by atoms with Gasteiger partial charge >= 0.3 is 0 Å². The van der Waals surface area contributed by atoms with Crippen molar-refractivity contribution in [3.63, 3.8) is 0 Å². The number of hydrogen-bond donors (Lipinski definition) is 1. The summed E-state index contributed by atoms with van der Waals surface area (Å²) in [7, 11) is 0. The zero-order valence-electron chi connectivity index (χ0n) is 11.4. The Morgan fingerprint density at radius 1 is 1.00 bits per heavy atom. The maximum atomic E-state index is 13.7. The van der Waals surface area contributed by atoms with Crippen LogP contribution in [0.4, 0.5) is 4.39 Å². The predicted molar refractivity (Wildman–Crippen MR) is 85.0 cm³/mol. The molecule has 104 valence electrons. The van der Waals surface area contributed by atoms with E-state index in [1.54, 1.807) is 19.1 Å². The van der Waals surface area contributed by atoms with Crippen molar-refractivity contribution in [2.24, 2.45) is 0 Å². The molecular weight excluding hydrogens is 283 g/mol. The first-order valence-corrected chi connectivity index (χ1v) is 6.97. The summed E-state index contributed by atoms with van der Waals surface area (Å²) in [6.45, 7) is 1.73. The molecule has 0 saturated heterocycles. The van der Waals surface area contributed by atoms with Crippen molar-refractivity contribution in [3.05, 3.63) is 70.6 Å². The monoisotopic (exact) mass is 296 g/mol. The lowest BCUT2D eigenvalue weighted by Crippen LogP contribution is -1.94. The fourth-order valence-electron chi connectivity index (χ4n) is 2.11. The number of H-pyrrole nitrogens is 1. The van der Waals surface area contributed by atoms with Crippen LogP contribution in [0.5, 0.6) is 0 Å². The van der Waals surface area contributed by atoms with E-state index >= 15 is 0 Å². The van der Waals surface area contributed by atoms with Crippen LogP contribution in [0.1, 0.15) is 5.56 Å². The van der Waals surface area contributed by atoms with Gasteiger partial charge < -0.3 is 4.98 Å². The zero-order valence-corrected chi connectivity index (χ0v) is 12.2. The number of nitrogens with zero attached hydrogens (tertiary/aromatic N) is 1. The molecule has 0 unspecified atom stereocenters. The van der Waals surface area contributed by atoms with Gasteiger partial charge in [-0.1, -0.05) is 54.7 Å². The highest BCUT2D eigenvalue weighted by Crippen LogP contribution is 2.22. The van der Waals surface area contributed by atoms with Crippen molar-refractivity contribution in [3.8, 4) is 22.6 Å². The van der Waals surface area contributed by atoms with Gasteiger partial charge in [-0.2, -0.15) is 0 Å². The van der Waals surface area contributed by atoms with Crippen molar-refractivity contribution >= 4 is 12.2 Å². The third-order valence-electron chi connectivity index (χ3n) is 3.27. The number of benzene rings is 2. The molecule has 3 aromatic rings. The molecule has 4 heteroatoms. The van der Waals surface area contributed by atoms with Gasteiger partial charge in [0.1, 0.15) is 16.3 Å².